The molecule has 1 rings (SSSR count). The molecule has 3 nitrogen and oxygen atoms in total. The minimum absolute atomic E-state index is 0.722. The first-order chi connectivity index (χ1) is 6.07. The number of benzene rings is 1. The van der Waals surface area contributed by atoms with E-state index in [0.29, 0.717) is 0 Å². The third-order valence-electron chi connectivity index (χ3n) is 1.98. The first kappa shape index (κ1) is 10.1. The fraction of sp³-hybridized carbons (Fsp3) is 0.333. The van der Waals surface area contributed by atoms with Crippen molar-refractivity contribution in [3.8, 4) is 0 Å². The molecule has 0 bridgehead atoms. The summed E-state index contributed by atoms with van der Waals surface area (Å²) in [5.74, 6) is 0. The lowest BCUT2D eigenvalue weighted by Crippen LogP contribution is -1.86. The molecule has 0 aliphatic rings. The van der Waals surface area contributed by atoms with E-state index in [4.69, 9.17) is 5.53 Å². The zero-order valence-electron chi connectivity index (χ0n) is 7.80. The van der Waals surface area contributed by atoms with Gasteiger partial charge in [-0.15, -0.1) is 0 Å². The Morgan fingerprint density at radius 3 is 2.46 bits per heavy atom. The molecule has 0 fully saturated rings. The second kappa shape index (κ2) is 3.81. The molecule has 13 heavy (non-hydrogen) atoms. The number of nitrogens with zero attached hydrogens (tertiary/aromatic N) is 3. The van der Waals surface area contributed by atoms with Gasteiger partial charge in [-0.3, -0.25) is 0 Å². The summed E-state index contributed by atoms with van der Waals surface area (Å²) >= 11 is 3.45. The Bertz CT molecular complexity index is 392. The van der Waals surface area contributed by atoms with Crippen LogP contribution in [0.25, 0.3) is 10.4 Å². The maximum absolute atomic E-state index is 8.37. The molecule has 0 radical (unpaired) electrons. The topological polar surface area (TPSA) is 48.8 Å². The van der Waals surface area contributed by atoms with E-state index in [9.17, 15) is 0 Å². The van der Waals surface area contributed by atoms with Crippen LogP contribution in [0.5, 0.6) is 0 Å². The molecule has 0 amide bonds. The van der Waals surface area contributed by atoms with Crippen LogP contribution in [-0.4, -0.2) is 0 Å². The van der Waals surface area contributed by atoms with E-state index < -0.39 is 0 Å². The first-order valence-corrected chi connectivity index (χ1v) is 4.68. The summed E-state index contributed by atoms with van der Waals surface area (Å²) in [4.78, 5) is 2.80. The van der Waals surface area contributed by atoms with Crippen LogP contribution < -0.4 is 0 Å². The largest absolute Gasteiger partial charge is 0.0602 e. The quantitative estimate of drug-likeness (QED) is 0.399. The third-order valence-corrected chi connectivity index (χ3v) is 3.20. The lowest BCUT2D eigenvalue weighted by molar-refractivity contribution is 1.25. The standard InChI is InChI=1S/C9H10BrN3/c1-5-4-6(2)9(12-13-11)7(3)8(5)10/h4H,1-3H3. The van der Waals surface area contributed by atoms with Crippen LogP contribution >= 0.6 is 15.9 Å². The van der Waals surface area contributed by atoms with Crippen molar-refractivity contribution in [2.75, 3.05) is 0 Å². The third kappa shape index (κ3) is 1.85. The Labute approximate surface area is 85.5 Å². The highest BCUT2D eigenvalue weighted by Crippen LogP contribution is 2.32. The van der Waals surface area contributed by atoms with Crippen molar-refractivity contribution in [2.45, 2.75) is 20.8 Å². The number of hydrogen-bond acceptors (Lipinski definition) is 1. The Kier molecular flexibility index (Phi) is 2.96. The summed E-state index contributed by atoms with van der Waals surface area (Å²) in [6.45, 7) is 5.90. The van der Waals surface area contributed by atoms with E-state index >= 15 is 0 Å². The molecule has 0 saturated carbocycles. The molecule has 0 unspecified atom stereocenters. The van der Waals surface area contributed by atoms with Crippen LogP contribution in [0.15, 0.2) is 15.7 Å². The van der Waals surface area contributed by atoms with E-state index in [1.54, 1.807) is 0 Å². The maximum atomic E-state index is 8.37. The van der Waals surface area contributed by atoms with Gasteiger partial charge in [0.05, 0.1) is 0 Å². The van der Waals surface area contributed by atoms with E-state index in [1.165, 1.54) is 0 Å². The van der Waals surface area contributed by atoms with Gasteiger partial charge in [0.25, 0.3) is 0 Å². The fourth-order valence-corrected chi connectivity index (χ4v) is 1.65. The second-order valence-electron chi connectivity index (χ2n) is 2.99. The molecule has 0 N–H and O–H groups in total. The van der Waals surface area contributed by atoms with Crippen LogP contribution in [-0.2, 0) is 0 Å². The number of halogens is 1. The lowest BCUT2D eigenvalue weighted by atomic mass is 10.1. The molecule has 0 spiro atoms. The zero-order chi connectivity index (χ0) is 10.0. The van der Waals surface area contributed by atoms with Gasteiger partial charge in [0.1, 0.15) is 0 Å². The van der Waals surface area contributed by atoms with Crippen molar-refractivity contribution in [2.24, 2.45) is 5.11 Å². The van der Waals surface area contributed by atoms with Crippen LogP contribution in [0.1, 0.15) is 16.7 Å². The average Bonchev–Trinajstić information content (AvgIpc) is 2.09. The van der Waals surface area contributed by atoms with Gasteiger partial charge in [-0.25, -0.2) is 0 Å². The van der Waals surface area contributed by atoms with E-state index in [0.717, 1.165) is 26.9 Å². The predicted molar refractivity (Wildman–Crippen MR) is 57.2 cm³/mol. The highest BCUT2D eigenvalue weighted by Gasteiger charge is 2.06. The van der Waals surface area contributed by atoms with Gasteiger partial charge in [-0.1, -0.05) is 27.1 Å². The molecular formula is C9H10BrN3. The number of hydrogen-bond donors (Lipinski definition) is 0. The van der Waals surface area contributed by atoms with Gasteiger partial charge < -0.3 is 0 Å². The summed E-state index contributed by atoms with van der Waals surface area (Å²) in [5.41, 5.74) is 12.3. The van der Waals surface area contributed by atoms with E-state index in [1.807, 2.05) is 26.8 Å². The molecule has 0 aromatic heterocycles. The van der Waals surface area contributed by atoms with Crippen molar-refractivity contribution in [3.05, 3.63) is 37.7 Å². The molecule has 0 aliphatic carbocycles. The van der Waals surface area contributed by atoms with Crippen molar-refractivity contribution in [1.29, 1.82) is 0 Å². The normalized spacial score (nSPS) is 9.54. The Balaban J connectivity index is 3.52. The number of aryl methyl sites for hydroxylation is 2. The minimum Gasteiger partial charge on any atom is -0.0602 e. The maximum Gasteiger partial charge on any atom is 0.0445 e. The summed E-state index contributed by atoms with van der Waals surface area (Å²) in [6.07, 6.45) is 0. The Hall–Kier alpha value is -0.990. The zero-order valence-corrected chi connectivity index (χ0v) is 9.38. The highest BCUT2D eigenvalue weighted by atomic mass is 79.9. The second-order valence-corrected chi connectivity index (χ2v) is 3.78. The monoisotopic (exact) mass is 239 g/mol. The Morgan fingerprint density at radius 2 is 1.92 bits per heavy atom. The van der Waals surface area contributed by atoms with Crippen molar-refractivity contribution in [1.82, 2.24) is 0 Å². The molecular weight excluding hydrogens is 230 g/mol. The molecule has 1 aromatic carbocycles. The molecule has 68 valence electrons. The first-order valence-electron chi connectivity index (χ1n) is 3.89. The van der Waals surface area contributed by atoms with Gasteiger partial charge in [-0.2, -0.15) is 0 Å². The number of rotatable bonds is 1. The highest BCUT2D eigenvalue weighted by molar-refractivity contribution is 9.10. The van der Waals surface area contributed by atoms with Crippen molar-refractivity contribution in [3.63, 3.8) is 0 Å². The van der Waals surface area contributed by atoms with E-state index in [2.05, 4.69) is 26.0 Å². The summed E-state index contributed by atoms with van der Waals surface area (Å²) in [7, 11) is 0. The summed E-state index contributed by atoms with van der Waals surface area (Å²) < 4.78 is 1.01. The van der Waals surface area contributed by atoms with Gasteiger partial charge in [0.2, 0.25) is 0 Å². The smallest absolute Gasteiger partial charge is 0.0445 e. The number of azide groups is 1. The van der Waals surface area contributed by atoms with Gasteiger partial charge in [0, 0.05) is 15.1 Å². The molecule has 0 aliphatic heterocycles. The summed E-state index contributed by atoms with van der Waals surface area (Å²) in [5, 5.41) is 3.66. The molecule has 0 atom stereocenters. The van der Waals surface area contributed by atoms with Crippen molar-refractivity contribution >= 4 is 21.6 Å². The van der Waals surface area contributed by atoms with Crippen LogP contribution in [0.2, 0.25) is 0 Å². The van der Waals surface area contributed by atoms with Gasteiger partial charge in [0.15, 0.2) is 0 Å². The van der Waals surface area contributed by atoms with Gasteiger partial charge in [-0.05, 0) is 43.0 Å². The molecule has 0 saturated heterocycles. The van der Waals surface area contributed by atoms with E-state index in [-0.39, 0.29) is 0 Å². The van der Waals surface area contributed by atoms with Crippen molar-refractivity contribution < 1.29 is 0 Å². The van der Waals surface area contributed by atoms with Gasteiger partial charge >= 0.3 is 0 Å². The average molecular weight is 240 g/mol. The SMILES string of the molecule is Cc1cc(C)c(N=[N+]=[N-])c(C)c1Br. The lowest BCUT2D eigenvalue weighted by Gasteiger charge is -2.08. The molecule has 4 heteroatoms. The van der Waals surface area contributed by atoms with Crippen LogP contribution in [0, 0.1) is 20.8 Å². The predicted octanol–water partition coefficient (Wildman–Crippen LogP) is 4.32. The Morgan fingerprint density at radius 1 is 1.31 bits per heavy atom. The van der Waals surface area contributed by atoms with Crippen LogP contribution in [0.3, 0.4) is 0 Å². The molecule has 1 aromatic rings. The van der Waals surface area contributed by atoms with Crippen LogP contribution in [0.4, 0.5) is 5.69 Å². The molecule has 0 heterocycles. The fourth-order valence-electron chi connectivity index (χ4n) is 1.35. The minimum atomic E-state index is 0.722. The summed E-state index contributed by atoms with van der Waals surface area (Å²) in [6, 6.07) is 2.00.